The first-order chi connectivity index (χ1) is 11.2. The number of hydrogen-bond donors (Lipinski definition) is 2. The Hall–Kier alpha value is -1.85. The number of rotatable bonds is 5. The number of piperidine rings is 1. The number of benzene rings is 1. The van der Waals surface area contributed by atoms with E-state index in [1.54, 1.807) is 6.26 Å². The second-order valence-electron chi connectivity index (χ2n) is 6.09. The molecule has 24 heavy (non-hydrogen) atoms. The summed E-state index contributed by atoms with van der Waals surface area (Å²) in [5.41, 5.74) is 3.04. The van der Waals surface area contributed by atoms with Gasteiger partial charge in [-0.3, -0.25) is 4.79 Å². The standard InChI is InChI=1S/C18H23N3O2.ClH/c1-13-4-6-14(7-5-13)18-21-16(12-23-18)8-10-20-17(22)15-3-2-9-19-11-15;/h4-7,12,15,19H,2-3,8-11H2,1H3,(H,20,22);1H. The highest BCUT2D eigenvalue weighted by molar-refractivity contribution is 5.85. The van der Waals surface area contributed by atoms with Crippen molar-refractivity contribution in [2.45, 2.75) is 26.2 Å². The van der Waals surface area contributed by atoms with Gasteiger partial charge in [-0.25, -0.2) is 4.98 Å². The molecule has 1 saturated heterocycles. The third kappa shape index (κ3) is 4.82. The summed E-state index contributed by atoms with van der Waals surface area (Å²) in [7, 11) is 0. The van der Waals surface area contributed by atoms with Gasteiger partial charge in [0, 0.05) is 25.1 Å². The van der Waals surface area contributed by atoms with Gasteiger partial charge in [0.15, 0.2) is 0 Å². The van der Waals surface area contributed by atoms with E-state index in [4.69, 9.17) is 4.42 Å². The number of nitrogens with one attached hydrogen (secondary N) is 2. The molecule has 1 unspecified atom stereocenters. The average molecular weight is 350 g/mol. The molecule has 1 fully saturated rings. The Morgan fingerprint density at radius 3 is 2.88 bits per heavy atom. The quantitative estimate of drug-likeness (QED) is 0.871. The van der Waals surface area contributed by atoms with Crippen LogP contribution in [0.4, 0.5) is 0 Å². The van der Waals surface area contributed by atoms with Crippen LogP contribution in [0.2, 0.25) is 0 Å². The van der Waals surface area contributed by atoms with Crippen LogP contribution in [-0.2, 0) is 11.2 Å². The number of oxazole rings is 1. The predicted octanol–water partition coefficient (Wildman–Crippen LogP) is 2.73. The van der Waals surface area contributed by atoms with E-state index in [-0.39, 0.29) is 24.2 Å². The molecule has 1 aromatic heterocycles. The van der Waals surface area contributed by atoms with E-state index in [0.717, 1.165) is 37.2 Å². The van der Waals surface area contributed by atoms with Crippen molar-refractivity contribution >= 4 is 18.3 Å². The summed E-state index contributed by atoms with van der Waals surface area (Å²) in [6, 6.07) is 8.08. The van der Waals surface area contributed by atoms with Crippen LogP contribution in [0, 0.1) is 12.8 Å². The highest BCUT2D eigenvalue weighted by Crippen LogP contribution is 2.19. The minimum Gasteiger partial charge on any atom is -0.444 e. The van der Waals surface area contributed by atoms with Crippen LogP contribution in [-0.4, -0.2) is 30.5 Å². The van der Waals surface area contributed by atoms with E-state index in [1.165, 1.54) is 5.56 Å². The fourth-order valence-electron chi connectivity index (χ4n) is 2.78. The maximum absolute atomic E-state index is 12.1. The van der Waals surface area contributed by atoms with Crippen LogP contribution in [0.25, 0.3) is 11.5 Å². The van der Waals surface area contributed by atoms with Gasteiger partial charge in [-0.2, -0.15) is 0 Å². The molecule has 2 N–H and O–H groups in total. The average Bonchev–Trinajstić information content (AvgIpc) is 3.05. The molecule has 0 aliphatic carbocycles. The van der Waals surface area contributed by atoms with Crippen molar-refractivity contribution in [3.8, 4) is 11.5 Å². The first-order valence-corrected chi connectivity index (χ1v) is 8.22. The lowest BCUT2D eigenvalue weighted by Crippen LogP contribution is -2.41. The van der Waals surface area contributed by atoms with Gasteiger partial charge in [-0.15, -0.1) is 12.4 Å². The molecule has 1 amide bonds. The van der Waals surface area contributed by atoms with Gasteiger partial charge >= 0.3 is 0 Å². The van der Waals surface area contributed by atoms with Crippen LogP contribution in [0.3, 0.4) is 0 Å². The highest BCUT2D eigenvalue weighted by Gasteiger charge is 2.20. The first kappa shape index (κ1) is 18.5. The molecule has 0 saturated carbocycles. The topological polar surface area (TPSA) is 67.2 Å². The zero-order chi connectivity index (χ0) is 16.1. The van der Waals surface area contributed by atoms with Crippen LogP contribution in [0.1, 0.15) is 24.1 Å². The van der Waals surface area contributed by atoms with Gasteiger partial charge < -0.3 is 15.1 Å². The number of carbonyl (C=O) groups is 1. The maximum Gasteiger partial charge on any atom is 0.226 e. The van der Waals surface area contributed by atoms with E-state index in [2.05, 4.69) is 22.5 Å². The Kier molecular flexibility index (Phi) is 6.82. The normalized spacial score (nSPS) is 17.1. The third-order valence-electron chi connectivity index (χ3n) is 4.20. The molecule has 1 aliphatic heterocycles. The van der Waals surface area contributed by atoms with Crippen LogP contribution in [0.15, 0.2) is 34.9 Å². The molecule has 6 heteroatoms. The van der Waals surface area contributed by atoms with Crippen LogP contribution >= 0.6 is 12.4 Å². The fourth-order valence-corrected chi connectivity index (χ4v) is 2.78. The molecule has 2 aromatic rings. The van der Waals surface area contributed by atoms with E-state index in [9.17, 15) is 4.79 Å². The SMILES string of the molecule is Cc1ccc(-c2nc(CCNC(=O)C3CCCNC3)co2)cc1.Cl. The van der Waals surface area contributed by atoms with Gasteiger partial charge in [0.05, 0.1) is 11.6 Å². The largest absolute Gasteiger partial charge is 0.444 e. The minimum absolute atomic E-state index is 0. The summed E-state index contributed by atoms with van der Waals surface area (Å²) in [6.07, 6.45) is 4.40. The lowest BCUT2D eigenvalue weighted by molar-refractivity contribution is -0.125. The Balaban J connectivity index is 0.00000208. The van der Waals surface area contributed by atoms with E-state index in [0.29, 0.717) is 18.9 Å². The van der Waals surface area contributed by atoms with Crippen molar-refractivity contribution in [1.29, 1.82) is 0 Å². The van der Waals surface area contributed by atoms with Gasteiger partial charge in [0.1, 0.15) is 6.26 Å². The number of amides is 1. The van der Waals surface area contributed by atoms with Crippen molar-refractivity contribution in [3.05, 3.63) is 41.8 Å². The number of aryl methyl sites for hydroxylation is 1. The summed E-state index contributed by atoms with van der Waals surface area (Å²) < 4.78 is 5.53. The number of hydrogen-bond acceptors (Lipinski definition) is 4. The zero-order valence-corrected chi connectivity index (χ0v) is 14.7. The summed E-state index contributed by atoms with van der Waals surface area (Å²) in [4.78, 5) is 16.5. The summed E-state index contributed by atoms with van der Waals surface area (Å²) in [5, 5.41) is 6.26. The predicted molar refractivity (Wildman–Crippen MR) is 96.2 cm³/mol. The smallest absolute Gasteiger partial charge is 0.226 e. The molecule has 0 spiro atoms. The molecule has 0 bridgehead atoms. The Morgan fingerprint density at radius 2 is 2.17 bits per heavy atom. The Morgan fingerprint density at radius 1 is 1.38 bits per heavy atom. The molecule has 3 rings (SSSR count). The first-order valence-electron chi connectivity index (χ1n) is 8.22. The second kappa shape index (κ2) is 8.85. The molecule has 1 aliphatic rings. The monoisotopic (exact) mass is 349 g/mol. The lowest BCUT2D eigenvalue weighted by Gasteiger charge is -2.21. The summed E-state index contributed by atoms with van der Waals surface area (Å²) in [6.45, 7) is 4.45. The summed E-state index contributed by atoms with van der Waals surface area (Å²) in [5.74, 6) is 0.867. The number of carbonyl (C=O) groups excluding carboxylic acids is 1. The van der Waals surface area contributed by atoms with Crippen molar-refractivity contribution in [3.63, 3.8) is 0 Å². The Bertz CT molecular complexity index is 649. The van der Waals surface area contributed by atoms with Crippen LogP contribution < -0.4 is 10.6 Å². The summed E-state index contributed by atoms with van der Waals surface area (Å²) >= 11 is 0. The molecular formula is C18H24ClN3O2. The number of aromatic nitrogens is 1. The maximum atomic E-state index is 12.1. The van der Waals surface area contributed by atoms with E-state index in [1.807, 2.05) is 24.3 Å². The lowest BCUT2D eigenvalue weighted by atomic mass is 9.99. The molecule has 0 radical (unpaired) electrons. The zero-order valence-electron chi connectivity index (χ0n) is 13.9. The molecular weight excluding hydrogens is 326 g/mol. The van der Waals surface area contributed by atoms with Crippen molar-refractivity contribution in [2.75, 3.05) is 19.6 Å². The van der Waals surface area contributed by atoms with Gasteiger partial charge in [0.25, 0.3) is 0 Å². The van der Waals surface area contributed by atoms with Gasteiger partial charge in [0.2, 0.25) is 11.8 Å². The van der Waals surface area contributed by atoms with E-state index < -0.39 is 0 Å². The van der Waals surface area contributed by atoms with Crippen LogP contribution in [0.5, 0.6) is 0 Å². The second-order valence-corrected chi connectivity index (χ2v) is 6.09. The molecule has 1 aromatic carbocycles. The third-order valence-corrected chi connectivity index (χ3v) is 4.20. The highest BCUT2D eigenvalue weighted by atomic mass is 35.5. The molecule has 1 atom stereocenters. The Labute approximate surface area is 148 Å². The molecule has 2 heterocycles. The minimum atomic E-state index is 0. The van der Waals surface area contributed by atoms with Crippen molar-refractivity contribution in [2.24, 2.45) is 5.92 Å². The molecule has 130 valence electrons. The van der Waals surface area contributed by atoms with Crippen molar-refractivity contribution in [1.82, 2.24) is 15.6 Å². The fraction of sp³-hybridized carbons (Fsp3) is 0.444. The molecule has 5 nitrogen and oxygen atoms in total. The number of nitrogens with zero attached hydrogens (tertiary/aromatic N) is 1. The van der Waals surface area contributed by atoms with Gasteiger partial charge in [-0.05, 0) is 38.4 Å². The van der Waals surface area contributed by atoms with Crippen molar-refractivity contribution < 1.29 is 9.21 Å². The van der Waals surface area contributed by atoms with Gasteiger partial charge in [-0.1, -0.05) is 17.7 Å². The van der Waals surface area contributed by atoms with E-state index >= 15 is 0 Å². The number of halogens is 1.